The van der Waals surface area contributed by atoms with Crippen molar-refractivity contribution in [2.75, 3.05) is 12.4 Å². The molecule has 0 bridgehead atoms. The van der Waals surface area contributed by atoms with Gasteiger partial charge in [-0.15, -0.1) is 0 Å². The third-order valence-corrected chi connectivity index (χ3v) is 3.04. The van der Waals surface area contributed by atoms with Gasteiger partial charge in [0.1, 0.15) is 5.75 Å². The Hall–Kier alpha value is -3.02. The zero-order chi connectivity index (χ0) is 18.1. The highest BCUT2D eigenvalue weighted by molar-refractivity contribution is 6.27. The number of methoxy groups -OCH3 is 1. The van der Waals surface area contributed by atoms with Crippen LogP contribution in [0.4, 0.5) is 5.69 Å². The summed E-state index contributed by atoms with van der Waals surface area (Å²) in [6.07, 6.45) is 0. The van der Waals surface area contributed by atoms with Gasteiger partial charge in [0.15, 0.2) is 0 Å². The topological polar surface area (TPSA) is 95.9 Å². The Balaban J connectivity index is 0.000000413. The van der Waals surface area contributed by atoms with E-state index in [1.165, 1.54) is 16.7 Å². The molecule has 24 heavy (non-hydrogen) atoms. The molecule has 6 heteroatoms. The minimum absolute atomic E-state index is 0.806. The van der Waals surface area contributed by atoms with E-state index in [1.807, 2.05) is 12.1 Å². The highest BCUT2D eigenvalue weighted by atomic mass is 16.5. The molecule has 0 atom stereocenters. The maximum absolute atomic E-state index is 9.10. The summed E-state index contributed by atoms with van der Waals surface area (Å²) >= 11 is 0. The first-order valence-electron chi connectivity index (χ1n) is 7.23. The van der Waals surface area contributed by atoms with Gasteiger partial charge in [0.2, 0.25) is 0 Å². The summed E-state index contributed by atoms with van der Waals surface area (Å²) in [4.78, 5) is 18.2. The first kappa shape index (κ1) is 19.0. The summed E-state index contributed by atoms with van der Waals surface area (Å²) in [6, 6.07) is 14.6. The van der Waals surface area contributed by atoms with Crippen LogP contribution < -0.4 is 10.1 Å². The predicted octanol–water partition coefficient (Wildman–Crippen LogP) is 3.08. The molecule has 0 aliphatic heterocycles. The maximum atomic E-state index is 9.10. The number of aryl methyl sites for hydroxylation is 2. The molecule has 2 aromatic carbocycles. The Bertz CT molecular complexity index is 680. The van der Waals surface area contributed by atoms with Gasteiger partial charge in [0.25, 0.3) is 0 Å². The molecule has 0 heterocycles. The van der Waals surface area contributed by atoms with Crippen LogP contribution in [0.15, 0.2) is 42.5 Å². The van der Waals surface area contributed by atoms with Crippen molar-refractivity contribution in [1.82, 2.24) is 0 Å². The smallest absolute Gasteiger partial charge is 0.414 e. The molecule has 3 N–H and O–H groups in total. The van der Waals surface area contributed by atoms with E-state index >= 15 is 0 Å². The van der Waals surface area contributed by atoms with Gasteiger partial charge in [-0.3, -0.25) is 0 Å². The summed E-state index contributed by atoms with van der Waals surface area (Å²) in [5.74, 6) is -2.75. The van der Waals surface area contributed by atoms with E-state index in [-0.39, 0.29) is 0 Å². The molecular weight excluding hydrogens is 310 g/mol. The van der Waals surface area contributed by atoms with Gasteiger partial charge in [0.05, 0.1) is 7.11 Å². The quantitative estimate of drug-likeness (QED) is 0.745. The molecular formula is C18H21NO5. The second-order valence-corrected chi connectivity index (χ2v) is 5.19. The number of rotatable bonds is 4. The van der Waals surface area contributed by atoms with Gasteiger partial charge in [0, 0.05) is 12.2 Å². The zero-order valence-electron chi connectivity index (χ0n) is 13.9. The van der Waals surface area contributed by atoms with Gasteiger partial charge in [-0.05, 0) is 54.8 Å². The van der Waals surface area contributed by atoms with E-state index in [1.54, 1.807) is 7.11 Å². The van der Waals surface area contributed by atoms with Crippen LogP contribution in [-0.2, 0) is 16.1 Å². The average Bonchev–Trinajstić information content (AvgIpc) is 2.53. The molecule has 128 valence electrons. The Morgan fingerprint density at radius 3 is 2.08 bits per heavy atom. The molecule has 0 radical (unpaired) electrons. The van der Waals surface area contributed by atoms with Crippen molar-refractivity contribution < 1.29 is 24.5 Å². The molecule has 0 aromatic heterocycles. The molecule has 6 nitrogen and oxygen atoms in total. The van der Waals surface area contributed by atoms with Crippen LogP contribution in [0.3, 0.4) is 0 Å². The second kappa shape index (κ2) is 9.19. The lowest BCUT2D eigenvalue weighted by molar-refractivity contribution is -0.159. The Morgan fingerprint density at radius 1 is 1.00 bits per heavy atom. The zero-order valence-corrected chi connectivity index (χ0v) is 13.9. The lowest BCUT2D eigenvalue weighted by Crippen LogP contribution is -2.09. The largest absolute Gasteiger partial charge is 0.497 e. The van der Waals surface area contributed by atoms with Crippen molar-refractivity contribution in [2.45, 2.75) is 20.4 Å². The Kier molecular flexibility index (Phi) is 7.29. The standard InChI is InChI=1S/C16H19NO.C2H2O4/c1-12-7-13(2)9-15(8-12)17-11-14-5-4-6-16(10-14)18-3;3-1(4)2(5)6/h4-10,17H,11H2,1-3H3;(H,3,4)(H,5,6). The van der Waals surface area contributed by atoms with Crippen molar-refractivity contribution in [3.05, 3.63) is 59.2 Å². The first-order valence-corrected chi connectivity index (χ1v) is 7.23. The van der Waals surface area contributed by atoms with E-state index in [2.05, 4.69) is 49.5 Å². The third kappa shape index (κ3) is 6.83. The number of ether oxygens (including phenoxy) is 1. The Morgan fingerprint density at radius 2 is 1.58 bits per heavy atom. The molecule has 0 saturated carbocycles. The van der Waals surface area contributed by atoms with E-state index in [0.29, 0.717) is 0 Å². The van der Waals surface area contributed by atoms with Crippen LogP contribution in [0.1, 0.15) is 16.7 Å². The molecule has 2 rings (SSSR count). The third-order valence-electron chi connectivity index (χ3n) is 3.04. The number of anilines is 1. The van der Waals surface area contributed by atoms with Crippen LogP contribution in [0.5, 0.6) is 5.75 Å². The number of hydrogen-bond donors (Lipinski definition) is 3. The normalized spacial score (nSPS) is 9.46. The fourth-order valence-electron chi connectivity index (χ4n) is 2.06. The summed E-state index contributed by atoms with van der Waals surface area (Å²) in [7, 11) is 1.69. The van der Waals surface area contributed by atoms with E-state index in [0.717, 1.165) is 18.0 Å². The first-order chi connectivity index (χ1) is 11.3. The van der Waals surface area contributed by atoms with E-state index < -0.39 is 11.9 Å². The summed E-state index contributed by atoms with van der Waals surface area (Å²) in [6.45, 7) is 5.04. The number of hydrogen-bond acceptors (Lipinski definition) is 4. The molecule has 2 aromatic rings. The van der Waals surface area contributed by atoms with Gasteiger partial charge < -0.3 is 20.3 Å². The molecule has 0 spiro atoms. The number of carbonyl (C=O) groups is 2. The number of benzene rings is 2. The second-order valence-electron chi connectivity index (χ2n) is 5.19. The van der Waals surface area contributed by atoms with E-state index in [9.17, 15) is 0 Å². The van der Waals surface area contributed by atoms with Crippen molar-refractivity contribution in [2.24, 2.45) is 0 Å². The van der Waals surface area contributed by atoms with Gasteiger partial charge in [-0.25, -0.2) is 9.59 Å². The predicted molar refractivity (Wildman–Crippen MR) is 91.5 cm³/mol. The highest BCUT2D eigenvalue weighted by Gasteiger charge is 2.04. The van der Waals surface area contributed by atoms with Crippen molar-refractivity contribution >= 4 is 17.6 Å². The van der Waals surface area contributed by atoms with Crippen LogP contribution in [0.2, 0.25) is 0 Å². The minimum Gasteiger partial charge on any atom is -0.497 e. The average molecular weight is 331 g/mol. The van der Waals surface area contributed by atoms with Gasteiger partial charge in [-0.1, -0.05) is 18.2 Å². The molecule has 0 aliphatic rings. The van der Waals surface area contributed by atoms with Crippen LogP contribution >= 0.6 is 0 Å². The van der Waals surface area contributed by atoms with Crippen LogP contribution in [0, 0.1) is 13.8 Å². The summed E-state index contributed by atoms with van der Waals surface area (Å²) in [5.41, 5.74) is 4.94. The van der Waals surface area contributed by atoms with Crippen molar-refractivity contribution in [3.63, 3.8) is 0 Å². The van der Waals surface area contributed by atoms with Crippen molar-refractivity contribution in [3.8, 4) is 5.75 Å². The monoisotopic (exact) mass is 331 g/mol. The summed E-state index contributed by atoms with van der Waals surface area (Å²) < 4.78 is 5.22. The van der Waals surface area contributed by atoms with Crippen molar-refractivity contribution in [1.29, 1.82) is 0 Å². The molecule has 0 amide bonds. The minimum atomic E-state index is -1.82. The number of carboxylic acids is 2. The molecule has 0 unspecified atom stereocenters. The summed E-state index contributed by atoms with van der Waals surface area (Å²) in [5, 5.41) is 18.2. The van der Waals surface area contributed by atoms with Crippen LogP contribution in [0.25, 0.3) is 0 Å². The van der Waals surface area contributed by atoms with Crippen LogP contribution in [-0.4, -0.2) is 29.3 Å². The Labute approximate surface area is 140 Å². The number of nitrogens with one attached hydrogen (secondary N) is 1. The lowest BCUT2D eigenvalue weighted by Gasteiger charge is -2.09. The fourth-order valence-corrected chi connectivity index (χ4v) is 2.06. The molecule has 0 saturated heterocycles. The maximum Gasteiger partial charge on any atom is 0.414 e. The number of carboxylic acid groups (broad SMARTS) is 2. The van der Waals surface area contributed by atoms with Gasteiger partial charge >= 0.3 is 11.9 Å². The fraction of sp³-hybridized carbons (Fsp3) is 0.222. The SMILES string of the molecule is COc1cccc(CNc2cc(C)cc(C)c2)c1.O=C(O)C(=O)O. The highest BCUT2D eigenvalue weighted by Crippen LogP contribution is 2.17. The molecule has 0 fully saturated rings. The van der Waals surface area contributed by atoms with Gasteiger partial charge in [-0.2, -0.15) is 0 Å². The van der Waals surface area contributed by atoms with E-state index in [4.69, 9.17) is 24.5 Å². The number of aliphatic carboxylic acids is 2. The molecule has 0 aliphatic carbocycles. The lowest BCUT2D eigenvalue weighted by atomic mass is 10.1.